The van der Waals surface area contributed by atoms with Crippen molar-refractivity contribution < 1.29 is 14.3 Å². The predicted octanol–water partition coefficient (Wildman–Crippen LogP) is 0.364. The number of fused-ring (bicyclic) bond motifs is 1. The van der Waals surface area contributed by atoms with Crippen LogP contribution in [0.5, 0.6) is 0 Å². The maximum absolute atomic E-state index is 12.3. The van der Waals surface area contributed by atoms with E-state index in [-0.39, 0.29) is 17.8 Å². The number of rotatable bonds is 3. The first kappa shape index (κ1) is 15.3. The minimum absolute atomic E-state index is 0.154. The number of carbonyl (C=O) groups excluding carboxylic acids is 1. The maximum Gasteiger partial charge on any atom is 0.291 e. The number of hydrogen-bond donors (Lipinski definition) is 1. The molecule has 4 rings (SSSR count). The lowest BCUT2D eigenvalue weighted by atomic mass is 10.0. The standard InChI is InChI=1S/C15H20N6O3/c1-20-9-16-14(19-20)15(22)18-12-7-24-8-13-11(12)6-17-21(13)10-2-4-23-5-3-10/h6,9-10,12H,2-5,7-8H2,1H3,(H,18,22). The summed E-state index contributed by atoms with van der Waals surface area (Å²) < 4.78 is 14.6. The molecule has 128 valence electrons. The van der Waals surface area contributed by atoms with Crippen LogP contribution in [0.4, 0.5) is 0 Å². The van der Waals surface area contributed by atoms with E-state index in [9.17, 15) is 4.79 Å². The van der Waals surface area contributed by atoms with Crippen LogP contribution in [0.2, 0.25) is 0 Å². The fourth-order valence-corrected chi connectivity index (χ4v) is 3.23. The van der Waals surface area contributed by atoms with E-state index in [1.807, 2.05) is 10.9 Å². The third-order valence-corrected chi connectivity index (χ3v) is 4.47. The minimum atomic E-state index is -0.309. The second kappa shape index (κ2) is 6.33. The SMILES string of the molecule is Cn1cnc(C(=O)NC2COCc3c2cnn3C2CCOCC2)n1. The van der Waals surface area contributed by atoms with Crippen LogP contribution in [0.3, 0.4) is 0 Å². The molecule has 1 atom stereocenters. The molecule has 0 radical (unpaired) electrons. The van der Waals surface area contributed by atoms with Crippen LogP contribution in [0.15, 0.2) is 12.5 Å². The van der Waals surface area contributed by atoms with Crippen molar-refractivity contribution in [3.63, 3.8) is 0 Å². The number of nitrogens with one attached hydrogen (secondary N) is 1. The van der Waals surface area contributed by atoms with Crippen molar-refractivity contribution in [2.24, 2.45) is 7.05 Å². The summed E-state index contributed by atoms with van der Waals surface area (Å²) in [5, 5.41) is 11.5. The zero-order valence-electron chi connectivity index (χ0n) is 13.5. The summed E-state index contributed by atoms with van der Waals surface area (Å²) in [5.41, 5.74) is 2.05. The molecule has 2 aromatic heterocycles. The van der Waals surface area contributed by atoms with Crippen LogP contribution in [0.1, 0.15) is 46.8 Å². The van der Waals surface area contributed by atoms with Gasteiger partial charge in [0.1, 0.15) is 6.33 Å². The van der Waals surface area contributed by atoms with Gasteiger partial charge in [-0.2, -0.15) is 5.10 Å². The number of carbonyl (C=O) groups is 1. The van der Waals surface area contributed by atoms with Crippen molar-refractivity contribution >= 4 is 5.91 Å². The fraction of sp³-hybridized carbons (Fsp3) is 0.600. The smallest absolute Gasteiger partial charge is 0.291 e. The largest absolute Gasteiger partial charge is 0.381 e. The van der Waals surface area contributed by atoms with Gasteiger partial charge in [0.2, 0.25) is 5.82 Å². The zero-order valence-corrected chi connectivity index (χ0v) is 13.5. The van der Waals surface area contributed by atoms with Crippen molar-refractivity contribution in [3.05, 3.63) is 29.6 Å². The molecule has 1 N–H and O–H groups in total. The van der Waals surface area contributed by atoms with E-state index in [1.54, 1.807) is 7.05 Å². The van der Waals surface area contributed by atoms with E-state index in [0.717, 1.165) is 37.3 Å². The van der Waals surface area contributed by atoms with Gasteiger partial charge >= 0.3 is 0 Å². The Morgan fingerprint density at radius 2 is 2.17 bits per heavy atom. The van der Waals surface area contributed by atoms with Gasteiger partial charge in [0, 0.05) is 25.8 Å². The Morgan fingerprint density at radius 1 is 1.33 bits per heavy atom. The quantitative estimate of drug-likeness (QED) is 0.872. The number of aryl methyl sites for hydroxylation is 1. The first-order valence-electron chi connectivity index (χ1n) is 8.10. The van der Waals surface area contributed by atoms with Gasteiger partial charge in [0.05, 0.1) is 37.2 Å². The predicted molar refractivity (Wildman–Crippen MR) is 82.2 cm³/mol. The highest BCUT2D eigenvalue weighted by molar-refractivity contribution is 5.90. The van der Waals surface area contributed by atoms with Gasteiger partial charge in [-0.25, -0.2) is 4.98 Å². The molecule has 1 unspecified atom stereocenters. The molecule has 0 spiro atoms. The molecule has 1 fully saturated rings. The molecule has 2 aliphatic heterocycles. The summed E-state index contributed by atoms with van der Waals surface area (Å²) in [5.74, 6) is -0.155. The van der Waals surface area contributed by atoms with Gasteiger partial charge in [0.25, 0.3) is 5.91 Å². The summed E-state index contributed by atoms with van der Waals surface area (Å²) in [6.45, 7) is 2.45. The molecule has 0 aliphatic carbocycles. The van der Waals surface area contributed by atoms with Gasteiger partial charge in [-0.1, -0.05) is 0 Å². The van der Waals surface area contributed by atoms with Crippen LogP contribution in [0.25, 0.3) is 0 Å². The molecular weight excluding hydrogens is 312 g/mol. The Morgan fingerprint density at radius 3 is 2.92 bits per heavy atom. The first-order valence-corrected chi connectivity index (χ1v) is 8.10. The van der Waals surface area contributed by atoms with Gasteiger partial charge in [-0.15, -0.1) is 5.10 Å². The number of hydrogen-bond acceptors (Lipinski definition) is 6. The van der Waals surface area contributed by atoms with Gasteiger partial charge in [-0.05, 0) is 12.8 Å². The molecule has 1 saturated heterocycles. The lowest BCUT2D eigenvalue weighted by Gasteiger charge is -2.28. The minimum Gasteiger partial charge on any atom is -0.381 e. The van der Waals surface area contributed by atoms with E-state index in [2.05, 4.69) is 20.5 Å². The second-order valence-corrected chi connectivity index (χ2v) is 6.12. The molecule has 2 aliphatic rings. The Bertz CT molecular complexity index is 733. The third-order valence-electron chi connectivity index (χ3n) is 4.47. The molecule has 0 saturated carbocycles. The monoisotopic (exact) mass is 332 g/mol. The molecule has 0 bridgehead atoms. The molecule has 24 heavy (non-hydrogen) atoms. The summed E-state index contributed by atoms with van der Waals surface area (Å²) in [7, 11) is 1.73. The number of ether oxygens (including phenoxy) is 2. The van der Waals surface area contributed by atoms with E-state index < -0.39 is 0 Å². The third kappa shape index (κ3) is 2.80. The lowest BCUT2D eigenvalue weighted by molar-refractivity contribution is 0.0519. The summed E-state index contributed by atoms with van der Waals surface area (Å²) in [6.07, 6.45) is 5.23. The van der Waals surface area contributed by atoms with Crippen molar-refractivity contribution in [2.75, 3.05) is 19.8 Å². The molecular formula is C15H20N6O3. The maximum atomic E-state index is 12.3. The molecule has 9 nitrogen and oxygen atoms in total. The van der Waals surface area contributed by atoms with E-state index in [1.165, 1.54) is 11.0 Å². The summed E-state index contributed by atoms with van der Waals surface area (Å²) in [4.78, 5) is 16.3. The fourth-order valence-electron chi connectivity index (χ4n) is 3.23. The lowest BCUT2D eigenvalue weighted by Crippen LogP contribution is -2.35. The van der Waals surface area contributed by atoms with E-state index in [0.29, 0.717) is 19.3 Å². The molecule has 0 aromatic carbocycles. The summed E-state index contributed by atoms with van der Waals surface area (Å²) in [6, 6.07) is 0.0941. The second-order valence-electron chi connectivity index (χ2n) is 6.12. The van der Waals surface area contributed by atoms with Crippen LogP contribution in [-0.2, 0) is 23.1 Å². The molecule has 1 amide bonds. The van der Waals surface area contributed by atoms with Gasteiger partial charge in [-0.3, -0.25) is 14.2 Å². The van der Waals surface area contributed by atoms with Gasteiger partial charge in [0.15, 0.2) is 0 Å². The highest BCUT2D eigenvalue weighted by Crippen LogP contribution is 2.30. The summed E-state index contributed by atoms with van der Waals surface area (Å²) >= 11 is 0. The average Bonchev–Trinajstić information content (AvgIpc) is 3.22. The zero-order chi connectivity index (χ0) is 16.5. The Balaban J connectivity index is 1.53. The number of amides is 1. The Kier molecular flexibility index (Phi) is 4.03. The van der Waals surface area contributed by atoms with Crippen LogP contribution >= 0.6 is 0 Å². The highest BCUT2D eigenvalue weighted by atomic mass is 16.5. The highest BCUT2D eigenvalue weighted by Gasteiger charge is 2.30. The van der Waals surface area contributed by atoms with Crippen molar-refractivity contribution in [3.8, 4) is 0 Å². The Hall–Kier alpha value is -2.26. The molecule has 2 aromatic rings. The molecule has 9 heteroatoms. The van der Waals surface area contributed by atoms with Gasteiger partial charge < -0.3 is 14.8 Å². The Labute approximate surface area is 138 Å². The van der Waals surface area contributed by atoms with E-state index in [4.69, 9.17) is 9.47 Å². The van der Waals surface area contributed by atoms with E-state index >= 15 is 0 Å². The van der Waals surface area contributed by atoms with Crippen molar-refractivity contribution in [1.82, 2.24) is 29.9 Å². The number of nitrogens with zero attached hydrogens (tertiary/aromatic N) is 5. The normalized spacial score (nSPS) is 21.5. The first-order chi connectivity index (χ1) is 11.7. The van der Waals surface area contributed by atoms with Crippen LogP contribution in [-0.4, -0.2) is 50.3 Å². The molecule has 4 heterocycles. The number of aromatic nitrogens is 5. The average molecular weight is 332 g/mol. The topological polar surface area (TPSA) is 96.1 Å². The van der Waals surface area contributed by atoms with Crippen LogP contribution in [0, 0.1) is 0 Å². The van der Waals surface area contributed by atoms with Crippen LogP contribution < -0.4 is 5.32 Å². The van der Waals surface area contributed by atoms with Crippen molar-refractivity contribution in [1.29, 1.82) is 0 Å². The van der Waals surface area contributed by atoms with Crippen molar-refractivity contribution in [2.45, 2.75) is 31.5 Å².